The fraction of sp³-hybridized carbons (Fsp3) is 0.235. The van der Waals surface area contributed by atoms with Crippen LogP contribution in [0, 0.1) is 0 Å². The summed E-state index contributed by atoms with van der Waals surface area (Å²) in [6.07, 6.45) is -2.72. The molecule has 0 saturated carbocycles. The van der Waals surface area contributed by atoms with Gasteiger partial charge >= 0.3 is 5.97 Å². The van der Waals surface area contributed by atoms with Crippen molar-refractivity contribution in [2.75, 3.05) is 13.7 Å². The SMILES string of the molecule is CCOC(=O)c1csc(-n2nc(C(F)F)cc2-c2ccc(OC)cc2)n1. The number of carbonyl (C=O) groups is 1. The molecule has 26 heavy (non-hydrogen) atoms. The predicted molar refractivity (Wildman–Crippen MR) is 92.1 cm³/mol. The maximum Gasteiger partial charge on any atom is 0.357 e. The number of nitrogens with zero attached hydrogens (tertiary/aromatic N) is 3. The summed E-state index contributed by atoms with van der Waals surface area (Å²) in [7, 11) is 1.54. The van der Waals surface area contributed by atoms with Crippen LogP contribution in [0.4, 0.5) is 8.78 Å². The normalized spacial score (nSPS) is 11.0. The first kappa shape index (κ1) is 18.0. The van der Waals surface area contributed by atoms with Gasteiger partial charge in [-0.1, -0.05) is 0 Å². The first-order chi connectivity index (χ1) is 12.5. The predicted octanol–water partition coefficient (Wildman–Crippen LogP) is 4.12. The average molecular weight is 379 g/mol. The lowest BCUT2D eigenvalue weighted by atomic mass is 10.1. The fourth-order valence-corrected chi connectivity index (χ4v) is 3.04. The maximum absolute atomic E-state index is 13.2. The van der Waals surface area contributed by atoms with Gasteiger partial charge in [0.15, 0.2) is 5.69 Å². The number of hydrogen-bond acceptors (Lipinski definition) is 6. The Labute approximate surface area is 152 Å². The maximum atomic E-state index is 13.2. The number of rotatable bonds is 6. The second-order valence-electron chi connectivity index (χ2n) is 5.13. The van der Waals surface area contributed by atoms with Crippen molar-refractivity contribution in [2.24, 2.45) is 0 Å². The largest absolute Gasteiger partial charge is 0.497 e. The Morgan fingerprint density at radius 3 is 2.65 bits per heavy atom. The van der Waals surface area contributed by atoms with Gasteiger partial charge < -0.3 is 9.47 Å². The monoisotopic (exact) mass is 379 g/mol. The van der Waals surface area contributed by atoms with Gasteiger partial charge in [0.1, 0.15) is 11.4 Å². The van der Waals surface area contributed by atoms with Crippen molar-refractivity contribution >= 4 is 17.3 Å². The van der Waals surface area contributed by atoms with E-state index in [2.05, 4.69) is 10.1 Å². The van der Waals surface area contributed by atoms with E-state index in [0.29, 0.717) is 22.1 Å². The average Bonchev–Trinajstić information content (AvgIpc) is 3.29. The zero-order valence-corrected chi connectivity index (χ0v) is 14.8. The number of aromatic nitrogens is 3. The van der Waals surface area contributed by atoms with Crippen LogP contribution in [-0.4, -0.2) is 34.5 Å². The fourth-order valence-electron chi connectivity index (χ4n) is 2.28. The molecule has 0 aliphatic rings. The minimum Gasteiger partial charge on any atom is -0.497 e. The van der Waals surface area contributed by atoms with E-state index < -0.39 is 12.4 Å². The van der Waals surface area contributed by atoms with Gasteiger partial charge in [-0.15, -0.1) is 11.3 Å². The lowest BCUT2D eigenvalue weighted by Crippen LogP contribution is -2.06. The highest BCUT2D eigenvalue weighted by atomic mass is 32.1. The molecule has 0 atom stereocenters. The molecule has 6 nitrogen and oxygen atoms in total. The van der Waals surface area contributed by atoms with E-state index in [-0.39, 0.29) is 18.0 Å². The van der Waals surface area contributed by atoms with Crippen molar-refractivity contribution in [3.8, 4) is 22.1 Å². The van der Waals surface area contributed by atoms with Crippen molar-refractivity contribution in [3.63, 3.8) is 0 Å². The molecule has 0 N–H and O–H groups in total. The number of alkyl halides is 2. The molecule has 3 rings (SSSR count). The zero-order valence-electron chi connectivity index (χ0n) is 14.0. The highest BCUT2D eigenvalue weighted by molar-refractivity contribution is 7.12. The molecule has 0 fully saturated rings. The Morgan fingerprint density at radius 1 is 1.31 bits per heavy atom. The van der Waals surface area contributed by atoms with E-state index in [1.165, 1.54) is 16.1 Å². The van der Waals surface area contributed by atoms with E-state index in [1.807, 2.05) is 0 Å². The zero-order chi connectivity index (χ0) is 18.7. The number of halogens is 2. The summed E-state index contributed by atoms with van der Waals surface area (Å²) in [5, 5.41) is 5.75. The van der Waals surface area contributed by atoms with Crippen LogP contribution in [0.15, 0.2) is 35.7 Å². The van der Waals surface area contributed by atoms with E-state index >= 15 is 0 Å². The van der Waals surface area contributed by atoms with Crippen LogP contribution in [0.1, 0.15) is 29.5 Å². The van der Waals surface area contributed by atoms with Gasteiger partial charge in [-0.3, -0.25) is 0 Å². The quantitative estimate of drug-likeness (QED) is 0.603. The van der Waals surface area contributed by atoms with Gasteiger partial charge in [0.25, 0.3) is 6.43 Å². The number of benzene rings is 1. The van der Waals surface area contributed by atoms with Crippen LogP contribution in [0.3, 0.4) is 0 Å². The summed E-state index contributed by atoms with van der Waals surface area (Å²) in [6.45, 7) is 1.91. The summed E-state index contributed by atoms with van der Waals surface area (Å²) in [6, 6.07) is 8.22. The third kappa shape index (κ3) is 3.57. The van der Waals surface area contributed by atoms with E-state index in [9.17, 15) is 13.6 Å². The summed E-state index contributed by atoms with van der Waals surface area (Å²) >= 11 is 1.12. The van der Waals surface area contributed by atoms with E-state index in [0.717, 1.165) is 11.3 Å². The molecule has 0 aliphatic carbocycles. The number of methoxy groups -OCH3 is 1. The molecule has 0 aliphatic heterocycles. The van der Waals surface area contributed by atoms with E-state index in [4.69, 9.17) is 9.47 Å². The third-order valence-electron chi connectivity index (χ3n) is 3.50. The van der Waals surface area contributed by atoms with Crippen LogP contribution in [0.5, 0.6) is 5.75 Å². The smallest absolute Gasteiger partial charge is 0.357 e. The van der Waals surface area contributed by atoms with Crippen molar-refractivity contribution in [3.05, 3.63) is 47.1 Å². The first-order valence-corrected chi connectivity index (χ1v) is 8.57. The Morgan fingerprint density at radius 2 is 2.04 bits per heavy atom. The molecule has 1 aromatic carbocycles. The van der Waals surface area contributed by atoms with Gasteiger partial charge in [0.05, 0.1) is 19.4 Å². The molecular weight excluding hydrogens is 364 g/mol. The summed E-state index contributed by atoms with van der Waals surface area (Å²) in [5.74, 6) is 0.0787. The topological polar surface area (TPSA) is 66.2 Å². The highest BCUT2D eigenvalue weighted by Crippen LogP contribution is 2.30. The molecule has 2 heterocycles. The molecule has 136 valence electrons. The second kappa shape index (κ2) is 7.61. The van der Waals surface area contributed by atoms with Crippen LogP contribution in [0.25, 0.3) is 16.4 Å². The Balaban J connectivity index is 2.04. The van der Waals surface area contributed by atoms with E-state index in [1.54, 1.807) is 38.3 Å². The van der Waals surface area contributed by atoms with Gasteiger partial charge in [-0.05, 0) is 37.3 Å². The van der Waals surface area contributed by atoms with Crippen LogP contribution >= 0.6 is 11.3 Å². The number of thiazole rings is 1. The highest BCUT2D eigenvalue weighted by Gasteiger charge is 2.21. The van der Waals surface area contributed by atoms with Crippen molar-refractivity contribution in [1.82, 2.24) is 14.8 Å². The molecule has 2 aromatic heterocycles. The van der Waals surface area contributed by atoms with Gasteiger partial charge in [0.2, 0.25) is 5.13 Å². The van der Waals surface area contributed by atoms with Crippen LogP contribution < -0.4 is 4.74 Å². The number of ether oxygens (including phenoxy) is 2. The lowest BCUT2D eigenvalue weighted by molar-refractivity contribution is 0.0520. The summed E-state index contributed by atoms with van der Waals surface area (Å²) < 4.78 is 37.6. The van der Waals surface area contributed by atoms with Crippen molar-refractivity contribution in [1.29, 1.82) is 0 Å². The van der Waals surface area contributed by atoms with Crippen molar-refractivity contribution < 1.29 is 23.0 Å². The van der Waals surface area contributed by atoms with Gasteiger partial charge in [-0.25, -0.2) is 23.2 Å². The second-order valence-corrected chi connectivity index (χ2v) is 5.97. The minimum absolute atomic E-state index is 0.113. The Hall–Kier alpha value is -2.81. The molecular formula is C17H15F2N3O3S. The van der Waals surface area contributed by atoms with Crippen molar-refractivity contribution in [2.45, 2.75) is 13.3 Å². The third-order valence-corrected chi connectivity index (χ3v) is 4.31. The van der Waals surface area contributed by atoms with Crippen LogP contribution in [0.2, 0.25) is 0 Å². The molecule has 0 unspecified atom stereocenters. The molecule has 0 radical (unpaired) electrons. The Bertz CT molecular complexity index is 906. The van der Waals surface area contributed by atoms with Gasteiger partial charge in [-0.2, -0.15) is 5.10 Å². The molecule has 0 amide bonds. The number of esters is 1. The minimum atomic E-state index is -2.72. The molecule has 3 aromatic rings. The number of carbonyl (C=O) groups excluding carboxylic acids is 1. The lowest BCUT2D eigenvalue weighted by Gasteiger charge is -2.05. The number of hydrogen-bond donors (Lipinski definition) is 0. The summed E-state index contributed by atoms with van der Waals surface area (Å²) in [4.78, 5) is 16.0. The first-order valence-electron chi connectivity index (χ1n) is 7.69. The summed E-state index contributed by atoms with van der Waals surface area (Å²) in [5.41, 5.74) is 0.844. The Kier molecular flexibility index (Phi) is 5.27. The molecule has 0 saturated heterocycles. The molecule has 9 heteroatoms. The molecule has 0 spiro atoms. The molecule has 0 bridgehead atoms. The van der Waals surface area contributed by atoms with Crippen LogP contribution in [-0.2, 0) is 4.74 Å². The standard InChI is InChI=1S/C17H15F2N3O3S/c1-3-25-16(23)13-9-26-17(20-13)22-14(8-12(21-22)15(18)19)10-4-6-11(24-2)7-5-10/h4-9,15H,3H2,1-2H3. The van der Waals surface area contributed by atoms with Gasteiger partial charge in [0, 0.05) is 10.9 Å².